The largest absolute Gasteiger partial charge is 0.314 e. The highest BCUT2D eigenvalue weighted by molar-refractivity contribution is 4.84. The topological polar surface area (TPSA) is 12.0 Å². The van der Waals surface area contributed by atoms with Gasteiger partial charge in [-0.3, -0.25) is 0 Å². The third kappa shape index (κ3) is 4.08. The summed E-state index contributed by atoms with van der Waals surface area (Å²) in [6, 6.07) is 0.781. The molecule has 0 spiro atoms. The Morgan fingerprint density at radius 3 is 2.44 bits per heavy atom. The van der Waals surface area contributed by atoms with Gasteiger partial charge < -0.3 is 5.32 Å². The predicted molar refractivity (Wildman–Crippen MR) is 72.7 cm³/mol. The highest BCUT2D eigenvalue weighted by Crippen LogP contribution is 2.29. The lowest BCUT2D eigenvalue weighted by molar-refractivity contribution is 0.198. The monoisotopic (exact) mass is 225 g/mol. The molecule has 1 fully saturated rings. The summed E-state index contributed by atoms with van der Waals surface area (Å²) in [5, 5.41) is 3.47. The molecule has 0 aromatic carbocycles. The molecule has 1 rings (SSSR count). The van der Waals surface area contributed by atoms with E-state index in [1.165, 1.54) is 45.1 Å². The van der Waals surface area contributed by atoms with Crippen molar-refractivity contribution in [1.82, 2.24) is 5.32 Å². The van der Waals surface area contributed by atoms with Crippen LogP contribution in [-0.2, 0) is 0 Å². The first-order chi connectivity index (χ1) is 7.69. The van der Waals surface area contributed by atoms with Crippen molar-refractivity contribution in [2.24, 2.45) is 17.8 Å². The molecule has 0 amide bonds. The first-order valence-electron chi connectivity index (χ1n) is 7.42. The van der Waals surface area contributed by atoms with Gasteiger partial charge in [0.25, 0.3) is 0 Å². The maximum absolute atomic E-state index is 3.47. The zero-order chi connectivity index (χ0) is 12.0. The molecule has 4 atom stereocenters. The van der Waals surface area contributed by atoms with E-state index in [-0.39, 0.29) is 0 Å². The van der Waals surface area contributed by atoms with Crippen LogP contribution in [0.5, 0.6) is 0 Å². The van der Waals surface area contributed by atoms with Crippen LogP contribution < -0.4 is 5.32 Å². The lowest BCUT2D eigenvalue weighted by Gasteiger charge is -2.37. The Labute approximate surface area is 102 Å². The van der Waals surface area contributed by atoms with Gasteiger partial charge in [-0.1, -0.05) is 46.5 Å². The molecule has 16 heavy (non-hydrogen) atoms. The molecule has 1 nitrogen and oxygen atoms in total. The summed E-state index contributed by atoms with van der Waals surface area (Å²) in [7, 11) is 0. The fraction of sp³-hybridized carbons (Fsp3) is 1.00. The Hall–Kier alpha value is -0.0400. The van der Waals surface area contributed by atoms with Gasteiger partial charge >= 0.3 is 0 Å². The average Bonchev–Trinajstić information content (AvgIpc) is 2.30. The summed E-state index contributed by atoms with van der Waals surface area (Å²) < 4.78 is 0. The molecule has 1 aliphatic heterocycles. The van der Waals surface area contributed by atoms with Gasteiger partial charge in [0, 0.05) is 6.04 Å². The Morgan fingerprint density at radius 2 is 2.00 bits per heavy atom. The maximum atomic E-state index is 3.47. The number of unbranched alkanes of at least 4 members (excludes halogenated alkanes) is 1. The SMILES string of the molecule is CCCCC(CCC1CNC1C)C(C)CC. The van der Waals surface area contributed by atoms with Crippen molar-refractivity contribution >= 4 is 0 Å². The minimum atomic E-state index is 0.781. The summed E-state index contributed by atoms with van der Waals surface area (Å²) in [6.07, 6.45) is 8.51. The van der Waals surface area contributed by atoms with Gasteiger partial charge in [-0.15, -0.1) is 0 Å². The van der Waals surface area contributed by atoms with E-state index in [2.05, 4.69) is 33.0 Å². The molecule has 0 radical (unpaired) electrons. The summed E-state index contributed by atoms with van der Waals surface area (Å²) in [4.78, 5) is 0. The Bertz CT molecular complexity index is 178. The molecule has 4 unspecified atom stereocenters. The van der Waals surface area contributed by atoms with E-state index in [1.807, 2.05) is 0 Å². The predicted octanol–water partition coefficient (Wildman–Crippen LogP) is 4.23. The number of hydrogen-bond donors (Lipinski definition) is 1. The third-order valence-corrected chi connectivity index (χ3v) is 4.69. The van der Waals surface area contributed by atoms with E-state index in [1.54, 1.807) is 0 Å². The quantitative estimate of drug-likeness (QED) is 0.652. The first-order valence-corrected chi connectivity index (χ1v) is 7.42. The van der Waals surface area contributed by atoms with Crippen LogP contribution in [0.2, 0.25) is 0 Å². The molecule has 1 saturated heterocycles. The summed E-state index contributed by atoms with van der Waals surface area (Å²) >= 11 is 0. The van der Waals surface area contributed by atoms with Crippen LogP contribution in [0.1, 0.15) is 66.2 Å². The second kappa shape index (κ2) is 7.32. The van der Waals surface area contributed by atoms with Crippen LogP contribution in [0.3, 0.4) is 0 Å². The molecule has 0 bridgehead atoms. The standard InChI is InChI=1S/C15H31N/c1-5-7-8-14(12(3)6-2)9-10-15-11-16-13(15)4/h12-16H,5-11H2,1-4H3. The van der Waals surface area contributed by atoms with Crippen molar-refractivity contribution in [1.29, 1.82) is 0 Å². The van der Waals surface area contributed by atoms with Crippen LogP contribution >= 0.6 is 0 Å². The van der Waals surface area contributed by atoms with Crippen LogP contribution in [0.25, 0.3) is 0 Å². The molecule has 1 N–H and O–H groups in total. The van der Waals surface area contributed by atoms with E-state index in [9.17, 15) is 0 Å². The smallest absolute Gasteiger partial charge is 0.00792 e. The van der Waals surface area contributed by atoms with E-state index in [0.29, 0.717) is 0 Å². The molecular formula is C15H31N. The summed E-state index contributed by atoms with van der Waals surface area (Å²) in [5.74, 6) is 2.88. The first kappa shape index (κ1) is 14.0. The Kier molecular flexibility index (Phi) is 6.41. The van der Waals surface area contributed by atoms with Gasteiger partial charge in [0.05, 0.1) is 0 Å². The molecular weight excluding hydrogens is 194 g/mol. The average molecular weight is 225 g/mol. The van der Waals surface area contributed by atoms with Gasteiger partial charge in [-0.25, -0.2) is 0 Å². The lowest BCUT2D eigenvalue weighted by atomic mass is 9.79. The second-order valence-electron chi connectivity index (χ2n) is 5.82. The fourth-order valence-corrected chi connectivity index (χ4v) is 2.81. The van der Waals surface area contributed by atoms with Gasteiger partial charge in [-0.05, 0) is 44.1 Å². The Balaban J connectivity index is 2.25. The normalized spacial score (nSPS) is 28.5. The Morgan fingerprint density at radius 1 is 1.25 bits per heavy atom. The number of nitrogens with one attached hydrogen (secondary N) is 1. The zero-order valence-corrected chi connectivity index (χ0v) is 11.8. The molecule has 96 valence electrons. The van der Waals surface area contributed by atoms with Crippen molar-refractivity contribution in [2.75, 3.05) is 6.54 Å². The van der Waals surface area contributed by atoms with Gasteiger partial charge in [-0.2, -0.15) is 0 Å². The van der Waals surface area contributed by atoms with Crippen molar-refractivity contribution < 1.29 is 0 Å². The van der Waals surface area contributed by atoms with E-state index in [0.717, 1.165) is 23.8 Å². The fourth-order valence-electron chi connectivity index (χ4n) is 2.81. The van der Waals surface area contributed by atoms with Crippen molar-refractivity contribution in [3.05, 3.63) is 0 Å². The molecule has 1 heteroatoms. The summed E-state index contributed by atoms with van der Waals surface area (Å²) in [5.41, 5.74) is 0. The van der Waals surface area contributed by atoms with Crippen molar-refractivity contribution in [3.8, 4) is 0 Å². The second-order valence-corrected chi connectivity index (χ2v) is 5.82. The molecule has 0 aliphatic carbocycles. The van der Waals surface area contributed by atoms with E-state index in [4.69, 9.17) is 0 Å². The van der Waals surface area contributed by atoms with E-state index >= 15 is 0 Å². The van der Waals surface area contributed by atoms with Gasteiger partial charge in [0.1, 0.15) is 0 Å². The van der Waals surface area contributed by atoms with Crippen molar-refractivity contribution in [3.63, 3.8) is 0 Å². The zero-order valence-electron chi connectivity index (χ0n) is 11.8. The minimum absolute atomic E-state index is 0.781. The molecule has 0 aromatic rings. The lowest BCUT2D eigenvalue weighted by Crippen LogP contribution is -2.50. The highest BCUT2D eigenvalue weighted by atomic mass is 15.0. The molecule has 1 heterocycles. The molecule has 1 aliphatic rings. The highest BCUT2D eigenvalue weighted by Gasteiger charge is 2.27. The summed E-state index contributed by atoms with van der Waals surface area (Å²) in [6.45, 7) is 10.7. The van der Waals surface area contributed by atoms with Crippen LogP contribution in [0.15, 0.2) is 0 Å². The van der Waals surface area contributed by atoms with Crippen LogP contribution in [-0.4, -0.2) is 12.6 Å². The van der Waals surface area contributed by atoms with Gasteiger partial charge in [0.2, 0.25) is 0 Å². The number of hydrogen-bond acceptors (Lipinski definition) is 1. The van der Waals surface area contributed by atoms with E-state index < -0.39 is 0 Å². The molecule has 0 saturated carbocycles. The third-order valence-electron chi connectivity index (χ3n) is 4.69. The van der Waals surface area contributed by atoms with Crippen LogP contribution in [0.4, 0.5) is 0 Å². The van der Waals surface area contributed by atoms with Gasteiger partial charge in [0.15, 0.2) is 0 Å². The maximum Gasteiger partial charge on any atom is 0.00792 e. The minimum Gasteiger partial charge on any atom is -0.314 e. The van der Waals surface area contributed by atoms with Crippen molar-refractivity contribution in [2.45, 2.75) is 72.3 Å². The van der Waals surface area contributed by atoms with Crippen LogP contribution in [0, 0.1) is 17.8 Å². The molecule has 0 aromatic heterocycles. The number of rotatable bonds is 8.